The second-order valence-electron chi connectivity index (χ2n) is 8.06. The Labute approximate surface area is 189 Å². The highest BCUT2D eigenvalue weighted by Gasteiger charge is 2.21. The number of nitrogens with one attached hydrogen (secondary N) is 1. The van der Waals surface area contributed by atoms with Crippen LogP contribution in [0.5, 0.6) is 11.5 Å². The molecular weight excluding hydrogens is 410 g/mol. The van der Waals surface area contributed by atoms with Crippen LogP contribution in [0.4, 0.5) is 5.69 Å². The molecular formula is C24H35N3O5. The minimum absolute atomic E-state index is 0.250. The summed E-state index contributed by atoms with van der Waals surface area (Å²) in [6.45, 7) is 5.46. The summed E-state index contributed by atoms with van der Waals surface area (Å²) < 4.78 is 17.0. The lowest BCUT2D eigenvalue weighted by Crippen LogP contribution is -2.21. The number of methoxy groups -OCH3 is 2. The predicted octanol–water partition coefficient (Wildman–Crippen LogP) is 3.36. The van der Waals surface area contributed by atoms with Gasteiger partial charge in [0.1, 0.15) is 0 Å². The molecule has 0 unspecified atom stereocenters. The van der Waals surface area contributed by atoms with E-state index in [0.717, 1.165) is 61.2 Å². The zero-order valence-electron chi connectivity index (χ0n) is 19.2. The number of aromatic nitrogens is 1. The first-order valence-electron chi connectivity index (χ1n) is 11.4. The molecule has 0 bridgehead atoms. The molecule has 0 radical (unpaired) electrons. The Morgan fingerprint density at radius 3 is 2.62 bits per heavy atom. The van der Waals surface area contributed by atoms with Gasteiger partial charge in [0.05, 0.1) is 25.8 Å². The van der Waals surface area contributed by atoms with Crippen molar-refractivity contribution in [3.05, 3.63) is 23.4 Å². The molecule has 1 aliphatic carbocycles. The van der Waals surface area contributed by atoms with Gasteiger partial charge < -0.3 is 29.5 Å². The van der Waals surface area contributed by atoms with Gasteiger partial charge in [-0.3, -0.25) is 9.78 Å². The van der Waals surface area contributed by atoms with Gasteiger partial charge in [0.2, 0.25) is 0 Å². The number of rotatable bonds is 10. The maximum atomic E-state index is 8.36. The molecule has 2 aromatic rings. The van der Waals surface area contributed by atoms with Crippen LogP contribution in [0.1, 0.15) is 36.9 Å². The number of benzene rings is 1. The molecule has 0 amide bonds. The predicted molar refractivity (Wildman–Crippen MR) is 125 cm³/mol. The quantitative estimate of drug-likeness (QED) is 0.425. The molecule has 0 spiro atoms. The summed E-state index contributed by atoms with van der Waals surface area (Å²) in [6, 6.07) is 4.12. The Kier molecular flexibility index (Phi) is 9.37. The van der Waals surface area contributed by atoms with Crippen molar-refractivity contribution in [3.63, 3.8) is 0 Å². The minimum atomic E-state index is -0.250. The maximum absolute atomic E-state index is 8.36. The fraction of sp³-hybridized carbons (Fsp3) is 0.583. The summed E-state index contributed by atoms with van der Waals surface area (Å²) in [5.41, 5.74) is 4.71. The first-order valence-corrected chi connectivity index (χ1v) is 11.4. The van der Waals surface area contributed by atoms with Crippen LogP contribution in [0.3, 0.4) is 0 Å². The number of hydrogen-bond acceptors (Lipinski definition) is 7. The zero-order valence-corrected chi connectivity index (χ0v) is 19.2. The van der Waals surface area contributed by atoms with Gasteiger partial charge in [0.15, 0.2) is 11.5 Å². The number of carboxylic acid groups (broad SMARTS) is 1. The lowest BCUT2D eigenvalue weighted by atomic mass is 10.1. The zero-order chi connectivity index (χ0) is 22.8. The van der Waals surface area contributed by atoms with E-state index in [1.807, 2.05) is 6.07 Å². The Morgan fingerprint density at radius 2 is 1.91 bits per heavy atom. The van der Waals surface area contributed by atoms with Gasteiger partial charge >= 0.3 is 0 Å². The monoisotopic (exact) mass is 445 g/mol. The summed E-state index contributed by atoms with van der Waals surface area (Å²) in [6.07, 6.45) is 6.97. The fourth-order valence-corrected chi connectivity index (χ4v) is 4.50. The van der Waals surface area contributed by atoms with Crippen molar-refractivity contribution in [1.29, 1.82) is 0 Å². The summed E-state index contributed by atoms with van der Waals surface area (Å²) in [4.78, 5) is 15.8. The number of aryl methyl sites for hydroxylation is 1. The van der Waals surface area contributed by atoms with Crippen LogP contribution in [0.25, 0.3) is 10.9 Å². The number of ether oxygens (including phenoxy) is 3. The minimum Gasteiger partial charge on any atom is -0.493 e. The van der Waals surface area contributed by atoms with Crippen LogP contribution in [0, 0.1) is 0 Å². The average molecular weight is 446 g/mol. The summed E-state index contributed by atoms with van der Waals surface area (Å²) in [5, 5.41) is 11.6. The van der Waals surface area contributed by atoms with E-state index in [9.17, 15) is 0 Å². The Bertz CT molecular complexity index is 884. The first-order chi connectivity index (χ1) is 15.7. The second kappa shape index (κ2) is 12.5. The molecule has 1 aromatic heterocycles. The van der Waals surface area contributed by atoms with Crippen molar-refractivity contribution in [2.24, 2.45) is 0 Å². The molecule has 32 heavy (non-hydrogen) atoms. The standard InChI is InChI=1S/C23H33N3O3.CH2O2/c1-27-14-9-24-23-17-7-5-8-19(17)25-20-16-22(21(28-2)15-18(20)23)29-13-6-12-26-10-3-4-11-26;2-1-3/h15-16H,3-14H2,1-2H3,(H,24,25);1H,(H,2,3). The third-order valence-electron chi connectivity index (χ3n) is 5.98. The SMILES string of the molecule is COCCNc1c2c(nc3cc(OCCCN4CCCC4)c(OC)cc13)CCC2.O=CO. The molecule has 8 nitrogen and oxygen atoms in total. The van der Waals surface area contributed by atoms with Crippen molar-refractivity contribution < 1.29 is 24.1 Å². The van der Waals surface area contributed by atoms with Crippen molar-refractivity contribution in [2.75, 3.05) is 58.9 Å². The number of anilines is 1. The van der Waals surface area contributed by atoms with Gasteiger partial charge in [-0.1, -0.05) is 0 Å². The molecule has 1 aliphatic heterocycles. The van der Waals surface area contributed by atoms with Crippen LogP contribution in [-0.2, 0) is 22.4 Å². The third-order valence-corrected chi connectivity index (χ3v) is 5.98. The molecule has 8 heteroatoms. The average Bonchev–Trinajstić information content (AvgIpc) is 3.48. The number of likely N-dealkylation sites (tertiary alicyclic amines) is 1. The van der Waals surface area contributed by atoms with E-state index in [0.29, 0.717) is 13.2 Å². The molecule has 176 valence electrons. The highest BCUT2D eigenvalue weighted by atomic mass is 16.5. The highest BCUT2D eigenvalue weighted by molar-refractivity contribution is 5.96. The van der Waals surface area contributed by atoms with E-state index in [4.69, 9.17) is 29.1 Å². The van der Waals surface area contributed by atoms with E-state index in [1.165, 1.54) is 42.9 Å². The van der Waals surface area contributed by atoms with Crippen LogP contribution in [-0.4, -0.2) is 75.1 Å². The molecule has 4 rings (SSSR count). The van der Waals surface area contributed by atoms with Gasteiger partial charge in [0.25, 0.3) is 6.47 Å². The van der Waals surface area contributed by atoms with Crippen molar-refractivity contribution in [1.82, 2.24) is 9.88 Å². The molecule has 1 fully saturated rings. The molecule has 2 heterocycles. The summed E-state index contributed by atoms with van der Waals surface area (Å²) in [7, 11) is 3.43. The largest absolute Gasteiger partial charge is 0.493 e. The Balaban J connectivity index is 0.000000913. The van der Waals surface area contributed by atoms with Gasteiger partial charge in [-0.05, 0) is 63.2 Å². The number of nitrogens with zero attached hydrogens (tertiary/aromatic N) is 2. The normalized spacial score (nSPS) is 15.2. The van der Waals surface area contributed by atoms with Gasteiger partial charge in [-0.15, -0.1) is 0 Å². The van der Waals surface area contributed by atoms with Crippen LogP contribution in [0.2, 0.25) is 0 Å². The fourth-order valence-electron chi connectivity index (χ4n) is 4.50. The topological polar surface area (TPSA) is 93.1 Å². The number of fused-ring (bicyclic) bond motifs is 2. The summed E-state index contributed by atoms with van der Waals surface area (Å²) in [5.74, 6) is 1.56. The van der Waals surface area contributed by atoms with E-state index < -0.39 is 0 Å². The smallest absolute Gasteiger partial charge is 0.290 e. The van der Waals surface area contributed by atoms with Crippen LogP contribution >= 0.6 is 0 Å². The van der Waals surface area contributed by atoms with Crippen molar-refractivity contribution in [2.45, 2.75) is 38.5 Å². The van der Waals surface area contributed by atoms with E-state index in [-0.39, 0.29) is 6.47 Å². The van der Waals surface area contributed by atoms with Gasteiger partial charge in [-0.2, -0.15) is 0 Å². The Morgan fingerprint density at radius 1 is 1.12 bits per heavy atom. The second-order valence-corrected chi connectivity index (χ2v) is 8.06. The molecule has 0 saturated carbocycles. The lowest BCUT2D eigenvalue weighted by molar-refractivity contribution is -0.122. The van der Waals surface area contributed by atoms with Crippen molar-refractivity contribution in [3.8, 4) is 11.5 Å². The van der Waals surface area contributed by atoms with Gasteiger partial charge in [-0.25, -0.2) is 0 Å². The maximum Gasteiger partial charge on any atom is 0.290 e. The van der Waals surface area contributed by atoms with Crippen LogP contribution < -0.4 is 14.8 Å². The van der Waals surface area contributed by atoms with Gasteiger partial charge in [0, 0.05) is 43.0 Å². The highest BCUT2D eigenvalue weighted by Crippen LogP contribution is 2.39. The lowest BCUT2D eigenvalue weighted by Gasteiger charge is -2.18. The molecule has 2 N–H and O–H groups in total. The Hall–Kier alpha value is -2.58. The number of pyridine rings is 1. The van der Waals surface area contributed by atoms with Crippen molar-refractivity contribution >= 4 is 23.1 Å². The van der Waals surface area contributed by atoms with E-state index in [2.05, 4.69) is 16.3 Å². The third kappa shape index (κ3) is 6.01. The van der Waals surface area contributed by atoms with Crippen LogP contribution in [0.15, 0.2) is 12.1 Å². The number of carbonyl (C=O) groups is 1. The van der Waals surface area contributed by atoms with E-state index >= 15 is 0 Å². The first kappa shape index (κ1) is 24.1. The molecule has 2 aliphatic rings. The molecule has 1 aromatic carbocycles. The van der Waals surface area contributed by atoms with E-state index in [1.54, 1.807) is 14.2 Å². The molecule has 0 atom stereocenters. The molecule has 1 saturated heterocycles. The number of hydrogen-bond donors (Lipinski definition) is 2. The summed E-state index contributed by atoms with van der Waals surface area (Å²) >= 11 is 0.